The average molecular weight is 338 g/mol. The smallest absolute Gasteiger partial charge is 0.222 e. The normalized spacial score (nSPS) is 18.5. The summed E-state index contributed by atoms with van der Waals surface area (Å²) in [5.41, 5.74) is 2.34. The van der Waals surface area contributed by atoms with Crippen LogP contribution in [0.1, 0.15) is 55.1 Å². The average Bonchev–Trinajstić information content (AvgIpc) is 3.19. The van der Waals surface area contributed by atoms with Gasteiger partial charge >= 0.3 is 0 Å². The van der Waals surface area contributed by atoms with Crippen LogP contribution in [0.4, 0.5) is 0 Å². The summed E-state index contributed by atoms with van der Waals surface area (Å²) in [6.07, 6.45) is 11.4. The molecule has 1 saturated carbocycles. The summed E-state index contributed by atoms with van der Waals surface area (Å²) in [5.74, 6) is 2.43. The standard InChI is InChI=1S/C20H26N4O/c1-15-10-22-20(24(15)12-17-7-4-8-21-11-17)18-13-23(14-18)19(25)9-16-5-2-3-6-16/h4,7-8,10-11,16,18H,2-3,5-6,9,12-14H2,1H3. The SMILES string of the molecule is Cc1cnc(C2CN(C(=O)CC3CCCC3)C2)n1Cc1cccnc1. The predicted molar refractivity (Wildman–Crippen MR) is 96.2 cm³/mol. The number of rotatable bonds is 5. The molecule has 2 aliphatic rings. The molecule has 4 rings (SSSR count). The first kappa shape index (κ1) is 16.3. The molecule has 1 amide bonds. The molecule has 0 spiro atoms. The van der Waals surface area contributed by atoms with Gasteiger partial charge in [0, 0.05) is 43.8 Å². The van der Waals surface area contributed by atoms with Crippen LogP contribution in [-0.4, -0.2) is 38.4 Å². The zero-order valence-electron chi connectivity index (χ0n) is 14.9. The fraction of sp³-hybridized carbons (Fsp3) is 0.550. The van der Waals surface area contributed by atoms with Gasteiger partial charge in [0.25, 0.3) is 0 Å². The predicted octanol–water partition coefficient (Wildman–Crippen LogP) is 3.14. The first-order chi connectivity index (χ1) is 12.2. The van der Waals surface area contributed by atoms with Crippen molar-refractivity contribution >= 4 is 5.91 Å². The van der Waals surface area contributed by atoms with Crippen LogP contribution >= 0.6 is 0 Å². The fourth-order valence-corrected chi connectivity index (χ4v) is 4.12. The van der Waals surface area contributed by atoms with Gasteiger partial charge in [-0.1, -0.05) is 18.9 Å². The number of hydrogen-bond acceptors (Lipinski definition) is 3. The Labute approximate surface area is 149 Å². The largest absolute Gasteiger partial charge is 0.341 e. The van der Waals surface area contributed by atoms with Crippen LogP contribution in [0.25, 0.3) is 0 Å². The minimum Gasteiger partial charge on any atom is -0.341 e. The van der Waals surface area contributed by atoms with Crippen LogP contribution in [0.2, 0.25) is 0 Å². The highest BCUT2D eigenvalue weighted by molar-refractivity contribution is 5.77. The van der Waals surface area contributed by atoms with E-state index in [1.165, 1.54) is 31.2 Å². The van der Waals surface area contributed by atoms with Crippen LogP contribution in [0.5, 0.6) is 0 Å². The molecular formula is C20H26N4O. The molecule has 0 radical (unpaired) electrons. The summed E-state index contributed by atoms with van der Waals surface area (Å²) < 4.78 is 2.26. The third kappa shape index (κ3) is 3.46. The third-order valence-corrected chi connectivity index (χ3v) is 5.69. The quantitative estimate of drug-likeness (QED) is 0.841. The second-order valence-corrected chi connectivity index (χ2v) is 7.56. The van der Waals surface area contributed by atoms with Crippen molar-refractivity contribution in [3.63, 3.8) is 0 Å². The Morgan fingerprint density at radius 1 is 1.24 bits per heavy atom. The van der Waals surface area contributed by atoms with Crippen molar-refractivity contribution in [3.8, 4) is 0 Å². The minimum atomic E-state index is 0.338. The van der Waals surface area contributed by atoms with E-state index in [1.807, 2.05) is 23.4 Å². The van der Waals surface area contributed by atoms with Gasteiger partial charge in [-0.15, -0.1) is 0 Å². The van der Waals surface area contributed by atoms with Crippen LogP contribution < -0.4 is 0 Å². The first-order valence-corrected chi connectivity index (χ1v) is 9.39. The molecule has 25 heavy (non-hydrogen) atoms. The maximum absolute atomic E-state index is 12.4. The maximum Gasteiger partial charge on any atom is 0.222 e. The van der Waals surface area contributed by atoms with Gasteiger partial charge in [-0.05, 0) is 37.3 Å². The van der Waals surface area contributed by atoms with Gasteiger partial charge < -0.3 is 9.47 Å². The number of pyridine rings is 1. The van der Waals surface area contributed by atoms with Crippen molar-refractivity contribution in [2.24, 2.45) is 5.92 Å². The van der Waals surface area contributed by atoms with Crippen molar-refractivity contribution in [3.05, 3.63) is 47.8 Å². The third-order valence-electron chi connectivity index (χ3n) is 5.69. The number of aromatic nitrogens is 3. The Hall–Kier alpha value is -2.17. The highest BCUT2D eigenvalue weighted by Gasteiger charge is 2.35. The number of carbonyl (C=O) groups excluding carboxylic acids is 1. The second kappa shape index (κ2) is 6.98. The van der Waals surface area contributed by atoms with Crippen molar-refractivity contribution in [1.29, 1.82) is 0 Å². The van der Waals surface area contributed by atoms with E-state index in [1.54, 1.807) is 6.20 Å². The Kier molecular flexibility index (Phi) is 4.55. The molecule has 0 unspecified atom stereocenters. The Morgan fingerprint density at radius 2 is 2.04 bits per heavy atom. The van der Waals surface area contributed by atoms with Crippen LogP contribution in [0.15, 0.2) is 30.7 Å². The summed E-state index contributed by atoms with van der Waals surface area (Å²) in [6, 6.07) is 4.06. The lowest BCUT2D eigenvalue weighted by molar-refractivity contribution is -0.136. The Morgan fingerprint density at radius 3 is 2.76 bits per heavy atom. The number of likely N-dealkylation sites (tertiary alicyclic amines) is 1. The van der Waals surface area contributed by atoms with Gasteiger partial charge in [-0.3, -0.25) is 9.78 Å². The minimum absolute atomic E-state index is 0.338. The lowest BCUT2D eigenvalue weighted by Crippen LogP contribution is -2.49. The molecule has 0 aromatic carbocycles. The molecule has 1 saturated heterocycles. The number of aryl methyl sites for hydroxylation is 1. The van der Waals surface area contributed by atoms with Gasteiger partial charge in [0.1, 0.15) is 5.82 Å². The summed E-state index contributed by atoms with van der Waals surface area (Å²) in [5, 5.41) is 0. The van der Waals surface area contributed by atoms with Crippen LogP contribution in [0.3, 0.4) is 0 Å². The zero-order chi connectivity index (χ0) is 17.2. The van der Waals surface area contributed by atoms with Crippen molar-refractivity contribution in [2.75, 3.05) is 13.1 Å². The van der Waals surface area contributed by atoms with Crippen LogP contribution in [0, 0.1) is 12.8 Å². The van der Waals surface area contributed by atoms with Crippen molar-refractivity contribution in [2.45, 2.75) is 51.5 Å². The van der Waals surface area contributed by atoms with E-state index >= 15 is 0 Å². The molecule has 0 atom stereocenters. The van der Waals surface area contributed by atoms with Crippen molar-refractivity contribution in [1.82, 2.24) is 19.4 Å². The van der Waals surface area contributed by atoms with Gasteiger partial charge in [0.05, 0.1) is 12.5 Å². The Balaban J connectivity index is 1.38. The molecule has 0 N–H and O–H groups in total. The number of carbonyl (C=O) groups is 1. The molecule has 5 nitrogen and oxygen atoms in total. The topological polar surface area (TPSA) is 51.0 Å². The summed E-state index contributed by atoms with van der Waals surface area (Å²) in [4.78, 5) is 23.3. The van der Waals surface area contributed by atoms with E-state index in [2.05, 4.69) is 27.5 Å². The van der Waals surface area contributed by atoms with E-state index in [-0.39, 0.29) is 0 Å². The molecule has 2 fully saturated rings. The molecular weight excluding hydrogens is 312 g/mol. The molecule has 132 valence electrons. The molecule has 2 aromatic rings. The molecule has 5 heteroatoms. The fourth-order valence-electron chi connectivity index (χ4n) is 4.12. The van der Waals surface area contributed by atoms with E-state index in [0.717, 1.165) is 37.6 Å². The highest BCUT2D eigenvalue weighted by atomic mass is 16.2. The first-order valence-electron chi connectivity index (χ1n) is 9.39. The summed E-state index contributed by atoms with van der Waals surface area (Å²) >= 11 is 0. The molecule has 2 aromatic heterocycles. The van der Waals surface area contributed by atoms with Gasteiger partial charge in [0.2, 0.25) is 5.91 Å². The van der Waals surface area contributed by atoms with Crippen LogP contribution in [-0.2, 0) is 11.3 Å². The number of amides is 1. The monoisotopic (exact) mass is 338 g/mol. The lowest BCUT2D eigenvalue weighted by atomic mass is 9.96. The summed E-state index contributed by atoms with van der Waals surface area (Å²) in [7, 11) is 0. The maximum atomic E-state index is 12.4. The molecule has 1 aliphatic carbocycles. The summed E-state index contributed by atoms with van der Waals surface area (Å²) in [6.45, 7) is 4.51. The number of hydrogen-bond donors (Lipinski definition) is 0. The molecule has 1 aliphatic heterocycles. The van der Waals surface area contributed by atoms with Gasteiger partial charge in [-0.2, -0.15) is 0 Å². The Bertz CT molecular complexity index is 727. The lowest BCUT2D eigenvalue weighted by Gasteiger charge is -2.39. The van der Waals surface area contributed by atoms with Crippen molar-refractivity contribution < 1.29 is 4.79 Å². The second-order valence-electron chi connectivity index (χ2n) is 7.56. The number of nitrogens with zero attached hydrogens (tertiary/aromatic N) is 4. The van der Waals surface area contributed by atoms with E-state index in [0.29, 0.717) is 17.7 Å². The van der Waals surface area contributed by atoms with E-state index in [4.69, 9.17) is 0 Å². The van der Waals surface area contributed by atoms with E-state index in [9.17, 15) is 4.79 Å². The zero-order valence-corrected chi connectivity index (χ0v) is 14.9. The van der Waals surface area contributed by atoms with Gasteiger partial charge in [-0.25, -0.2) is 4.98 Å². The van der Waals surface area contributed by atoms with E-state index < -0.39 is 0 Å². The van der Waals surface area contributed by atoms with Gasteiger partial charge in [0.15, 0.2) is 0 Å². The molecule has 3 heterocycles. The molecule has 0 bridgehead atoms. The highest BCUT2D eigenvalue weighted by Crippen LogP contribution is 2.32. The number of imidazole rings is 1.